The molecule has 1 amide bonds. The predicted octanol–water partition coefficient (Wildman–Crippen LogP) is 0.880. The summed E-state index contributed by atoms with van der Waals surface area (Å²) in [6.45, 7) is 2.69. The number of anilines is 1. The van der Waals surface area contributed by atoms with Gasteiger partial charge in [0.15, 0.2) is 5.82 Å². The van der Waals surface area contributed by atoms with E-state index in [2.05, 4.69) is 24.8 Å². The fourth-order valence-electron chi connectivity index (χ4n) is 3.11. The van der Waals surface area contributed by atoms with Crippen LogP contribution in [0.2, 0.25) is 0 Å². The summed E-state index contributed by atoms with van der Waals surface area (Å²) in [5, 5.41) is 0. The van der Waals surface area contributed by atoms with Crippen molar-refractivity contribution in [2.45, 2.75) is 6.42 Å². The first-order valence-corrected chi connectivity index (χ1v) is 8.45. The lowest BCUT2D eigenvalue weighted by atomic mass is 10.3. The lowest BCUT2D eigenvalue weighted by Crippen LogP contribution is -2.35. The van der Waals surface area contributed by atoms with Crippen molar-refractivity contribution >= 4 is 17.5 Å². The average Bonchev–Trinajstić information content (AvgIpc) is 2.97. The zero-order valence-corrected chi connectivity index (χ0v) is 14.4. The van der Waals surface area contributed by atoms with Gasteiger partial charge in [0.1, 0.15) is 5.69 Å². The number of rotatable bonds is 3. The number of nitrogens with zero attached hydrogens (tertiary/aromatic N) is 7. The Morgan fingerprint density at radius 1 is 1.08 bits per heavy atom. The molecule has 0 radical (unpaired) electrons. The van der Waals surface area contributed by atoms with Crippen LogP contribution in [0.3, 0.4) is 0 Å². The smallest absolute Gasteiger partial charge is 0.274 e. The summed E-state index contributed by atoms with van der Waals surface area (Å²) < 4.78 is 7.05. The van der Waals surface area contributed by atoms with Crippen LogP contribution in [-0.4, -0.2) is 68.4 Å². The monoisotopic (exact) mass is 353 g/mol. The summed E-state index contributed by atoms with van der Waals surface area (Å²) in [6, 6.07) is 1.81. The van der Waals surface area contributed by atoms with Gasteiger partial charge in [-0.1, -0.05) is 0 Å². The van der Waals surface area contributed by atoms with Gasteiger partial charge in [0.25, 0.3) is 11.8 Å². The van der Waals surface area contributed by atoms with Crippen molar-refractivity contribution in [3.05, 3.63) is 42.7 Å². The van der Waals surface area contributed by atoms with E-state index in [-0.39, 0.29) is 5.91 Å². The Kier molecular flexibility index (Phi) is 4.34. The van der Waals surface area contributed by atoms with Crippen molar-refractivity contribution in [3.8, 4) is 5.88 Å². The molecule has 1 fully saturated rings. The minimum atomic E-state index is -0.0801. The Hall–Kier alpha value is -3.23. The molecule has 9 nitrogen and oxygen atoms in total. The number of hydrogen-bond donors (Lipinski definition) is 0. The quantitative estimate of drug-likeness (QED) is 0.690. The molecule has 0 aliphatic carbocycles. The maximum atomic E-state index is 12.8. The van der Waals surface area contributed by atoms with Gasteiger partial charge >= 0.3 is 0 Å². The number of methoxy groups -OCH3 is 1. The van der Waals surface area contributed by atoms with Crippen molar-refractivity contribution in [2.24, 2.45) is 0 Å². The molecule has 1 aliphatic rings. The number of aromatic nitrogens is 5. The number of fused-ring (bicyclic) bond motifs is 1. The first kappa shape index (κ1) is 16.2. The fraction of sp³-hybridized carbons (Fsp3) is 0.353. The number of amides is 1. The Labute approximate surface area is 150 Å². The van der Waals surface area contributed by atoms with Gasteiger partial charge in [-0.2, -0.15) is 0 Å². The maximum Gasteiger partial charge on any atom is 0.274 e. The highest BCUT2D eigenvalue weighted by molar-refractivity contribution is 5.92. The van der Waals surface area contributed by atoms with Gasteiger partial charge in [-0.05, 0) is 12.5 Å². The van der Waals surface area contributed by atoms with Crippen LogP contribution < -0.4 is 9.64 Å². The lowest BCUT2D eigenvalue weighted by molar-refractivity contribution is 0.0762. The van der Waals surface area contributed by atoms with Crippen LogP contribution in [0.25, 0.3) is 5.78 Å². The van der Waals surface area contributed by atoms with Crippen LogP contribution in [0.5, 0.6) is 5.88 Å². The third-order valence-electron chi connectivity index (χ3n) is 4.38. The van der Waals surface area contributed by atoms with Gasteiger partial charge in [0.05, 0.1) is 7.11 Å². The van der Waals surface area contributed by atoms with Crippen molar-refractivity contribution in [1.82, 2.24) is 29.2 Å². The van der Waals surface area contributed by atoms with Crippen molar-refractivity contribution in [3.63, 3.8) is 0 Å². The molecule has 3 aromatic heterocycles. The number of ether oxygens (including phenoxy) is 1. The SMILES string of the molecule is COc1nccnc1N1CCCN(C(=O)c2cn3cccnc3n2)CC1. The standard InChI is InChI=1S/C17H19N7O2/c1-26-15-14(18-5-6-19-15)22-8-3-9-23(11-10-22)16(25)13-12-24-7-2-4-20-17(24)21-13/h2,4-7,12H,3,8-11H2,1H3. The molecule has 4 heterocycles. The molecule has 9 heteroatoms. The van der Waals surface area contributed by atoms with Crippen LogP contribution in [0.4, 0.5) is 5.82 Å². The molecule has 0 atom stereocenters. The third-order valence-corrected chi connectivity index (χ3v) is 4.38. The molecule has 26 heavy (non-hydrogen) atoms. The van der Waals surface area contributed by atoms with E-state index in [1.807, 2.05) is 11.1 Å². The zero-order chi connectivity index (χ0) is 17.9. The molecule has 0 saturated carbocycles. The number of carbonyl (C=O) groups is 1. The summed E-state index contributed by atoms with van der Waals surface area (Å²) in [7, 11) is 1.58. The van der Waals surface area contributed by atoms with Crippen LogP contribution in [0.1, 0.15) is 16.9 Å². The Bertz CT molecular complexity index is 893. The molecule has 0 aromatic carbocycles. The normalized spacial score (nSPS) is 15.1. The predicted molar refractivity (Wildman–Crippen MR) is 94.3 cm³/mol. The van der Waals surface area contributed by atoms with E-state index < -0.39 is 0 Å². The van der Waals surface area contributed by atoms with Gasteiger partial charge in [0.2, 0.25) is 5.78 Å². The van der Waals surface area contributed by atoms with Crippen LogP contribution >= 0.6 is 0 Å². The van der Waals surface area contributed by atoms with Crippen LogP contribution in [-0.2, 0) is 0 Å². The Morgan fingerprint density at radius 3 is 2.81 bits per heavy atom. The average molecular weight is 353 g/mol. The number of carbonyl (C=O) groups excluding carboxylic acids is 1. The highest BCUT2D eigenvalue weighted by atomic mass is 16.5. The second-order valence-electron chi connectivity index (χ2n) is 5.98. The van der Waals surface area contributed by atoms with E-state index in [4.69, 9.17) is 4.74 Å². The molecule has 3 aromatic rings. The number of imidazole rings is 1. The largest absolute Gasteiger partial charge is 0.478 e. The third kappa shape index (κ3) is 3.03. The van der Waals surface area contributed by atoms with Crippen molar-refractivity contribution < 1.29 is 9.53 Å². The van der Waals surface area contributed by atoms with Gasteiger partial charge in [-0.25, -0.2) is 19.9 Å². The van der Waals surface area contributed by atoms with Gasteiger partial charge in [-0.15, -0.1) is 0 Å². The van der Waals surface area contributed by atoms with Gasteiger partial charge in [-0.3, -0.25) is 9.20 Å². The second kappa shape index (κ2) is 6.95. The first-order valence-electron chi connectivity index (χ1n) is 8.45. The molecular formula is C17H19N7O2. The summed E-state index contributed by atoms with van der Waals surface area (Å²) in [5.74, 6) is 1.65. The summed E-state index contributed by atoms with van der Waals surface area (Å²) in [5.41, 5.74) is 0.411. The van der Waals surface area contributed by atoms with Crippen LogP contribution in [0.15, 0.2) is 37.1 Å². The van der Waals surface area contributed by atoms with E-state index in [0.29, 0.717) is 42.8 Å². The second-order valence-corrected chi connectivity index (χ2v) is 5.98. The highest BCUT2D eigenvalue weighted by Gasteiger charge is 2.24. The van der Waals surface area contributed by atoms with Crippen molar-refractivity contribution in [1.29, 1.82) is 0 Å². The molecule has 1 aliphatic heterocycles. The minimum Gasteiger partial charge on any atom is -0.478 e. The van der Waals surface area contributed by atoms with E-state index in [1.54, 1.807) is 42.4 Å². The topological polar surface area (TPSA) is 88.8 Å². The molecule has 134 valence electrons. The molecule has 0 N–H and O–H groups in total. The molecular weight excluding hydrogens is 334 g/mol. The van der Waals surface area contributed by atoms with Gasteiger partial charge < -0.3 is 14.5 Å². The highest BCUT2D eigenvalue weighted by Crippen LogP contribution is 2.23. The Balaban J connectivity index is 1.50. The summed E-state index contributed by atoms with van der Waals surface area (Å²) in [6.07, 6.45) is 9.30. The first-order chi connectivity index (χ1) is 12.8. The van der Waals surface area contributed by atoms with E-state index >= 15 is 0 Å². The summed E-state index contributed by atoms with van der Waals surface area (Å²) in [4.78, 5) is 33.8. The number of hydrogen-bond acceptors (Lipinski definition) is 7. The van der Waals surface area contributed by atoms with E-state index in [9.17, 15) is 4.79 Å². The molecule has 1 saturated heterocycles. The van der Waals surface area contributed by atoms with Crippen molar-refractivity contribution in [2.75, 3.05) is 38.2 Å². The van der Waals surface area contributed by atoms with Crippen LogP contribution in [0, 0.1) is 0 Å². The molecule has 4 rings (SSSR count). The molecule has 0 unspecified atom stereocenters. The minimum absolute atomic E-state index is 0.0801. The lowest BCUT2D eigenvalue weighted by Gasteiger charge is -2.23. The Morgan fingerprint density at radius 2 is 1.96 bits per heavy atom. The maximum absolute atomic E-state index is 12.8. The van der Waals surface area contributed by atoms with Gasteiger partial charge in [0, 0.05) is 57.2 Å². The fourth-order valence-corrected chi connectivity index (χ4v) is 3.11. The van der Waals surface area contributed by atoms with E-state index in [1.165, 1.54) is 0 Å². The zero-order valence-electron chi connectivity index (χ0n) is 14.4. The summed E-state index contributed by atoms with van der Waals surface area (Å²) >= 11 is 0. The molecule has 0 bridgehead atoms. The molecule has 0 spiro atoms. The van der Waals surface area contributed by atoms with E-state index in [0.717, 1.165) is 13.0 Å².